The predicted molar refractivity (Wildman–Crippen MR) is 99.0 cm³/mol. The summed E-state index contributed by atoms with van der Waals surface area (Å²) >= 11 is 3.19. The Morgan fingerprint density at radius 1 is 1.36 bits per heavy atom. The Balaban J connectivity index is 1.40. The third-order valence-electron chi connectivity index (χ3n) is 4.55. The van der Waals surface area contributed by atoms with Gasteiger partial charge in [0.25, 0.3) is 0 Å². The highest BCUT2D eigenvalue weighted by atomic mass is 32.2. The number of nitrogens with zero attached hydrogens (tertiary/aromatic N) is 3. The first-order valence-electron chi connectivity index (χ1n) is 8.53. The van der Waals surface area contributed by atoms with Gasteiger partial charge in [-0.2, -0.15) is 0 Å². The van der Waals surface area contributed by atoms with Crippen LogP contribution in [0.3, 0.4) is 0 Å². The molecule has 1 fully saturated rings. The zero-order valence-corrected chi connectivity index (χ0v) is 15.7. The fourth-order valence-electron chi connectivity index (χ4n) is 3.05. The lowest BCUT2D eigenvalue weighted by Gasteiger charge is -2.16. The molecule has 2 aliphatic carbocycles. The molecule has 4 rings (SSSR count). The third kappa shape index (κ3) is 3.64. The number of aryl methyl sites for hydroxylation is 2. The molecule has 0 aliphatic heterocycles. The van der Waals surface area contributed by atoms with Crippen LogP contribution < -0.4 is 5.32 Å². The Hall–Kier alpha value is -1.67. The molecule has 2 aliphatic rings. The van der Waals surface area contributed by atoms with Crippen molar-refractivity contribution in [2.24, 2.45) is 0 Å². The van der Waals surface area contributed by atoms with E-state index in [2.05, 4.69) is 15.3 Å². The van der Waals surface area contributed by atoms with Gasteiger partial charge in [0, 0.05) is 23.4 Å². The minimum Gasteiger partial charge on any atom is -0.352 e. The number of rotatable bonds is 6. The molecule has 0 atom stereocenters. The average Bonchev–Trinajstić information content (AvgIpc) is 3.15. The van der Waals surface area contributed by atoms with Gasteiger partial charge in [-0.05, 0) is 37.7 Å². The van der Waals surface area contributed by atoms with E-state index >= 15 is 0 Å². The van der Waals surface area contributed by atoms with Gasteiger partial charge in [-0.3, -0.25) is 9.59 Å². The fourth-order valence-corrected chi connectivity index (χ4v) is 5.31. The lowest BCUT2D eigenvalue weighted by molar-refractivity contribution is -0.132. The molecule has 2 heterocycles. The number of amides is 2. The molecular formula is C17H20N4O2S2. The number of hydrogen-bond acceptors (Lipinski definition) is 6. The van der Waals surface area contributed by atoms with Gasteiger partial charge in [0.05, 0.1) is 12.3 Å². The van der Waals surface area contributed by atoms with Crippen molar-refractivity contribution in [2.75, 3.05) is 19.3 Å². The Bertz CT molecular complexity index is 831. The number of thioether (sulfide) groups is 1. The quantitative estimate of drug-likeness (QED) is 0.617. The maximum atomic E-state index is 12.3. The number of fused-ring (bicyclic) bond motifs is 3. The Kier molecular flexibility index (Phi) is 4.64. The summed E-state index contributed by atoms with van der Waals surface area (Å²) in [6.07, 6.45) is 7.06. The summed E-state index contributed by atoms with van der Waals surface area (Å²) < 4.78 is 0. The summed E-state index contributed by atoms with van der Waals surface area (Å²) in [5, 5.41) is 4.92. The first-order valence-corrected chi connectivity index (χ1v) is 10.3. The van der Waals surface area contributed by atoms with Crippen molar-refractivity contribution in [3.63, 3.8) is 0 Å². The van der Waals surface area contributed by atoms with Gasteiger partial charge in [-0.15, -0.1) is 11.3 Å². The maximum absolute atomic E-state index is 12.3. The molecule has 8 heteroatoms. The molecule has 6 nitrogen and oxygen atoms in total. The van der Waals surface area contributed by atoms with E-state index in [1.54, 1.807) is 24.7 Å². The molecule has 2 aromatic heterocycles. The second-order valence-corrected chi connectivity index (χ2v) is 8.64. The second-order valence-electron chi connectivity index (χ2n) is 6.60. The summed E-state index contributed by atoms with van der Waals surface area (Å²) in [6.45, 7) is 0.114. The number of aromatic nitrogens is 2. The Labute approximate surface area is 154 Å². The molecule has 0 aromatic carbocycles. The standard InChI is InChI=1S/C17H20N4O2S2/c1-21(7-13(22)20-10-5-6-10)14(23)8-24-16-15-11-3-2-4-12(11)25-17(15)19-9-18-16/h9-10H,2-8H2,1H3,(H,20,22). The van der Waals surface area contributed by atoms with Crippen LogP contribution in [0.1, 0.15) is 29.7 Å². The third-order valence-corrected chi connectivity index (χ3v) is 6.72. The molecule has 1 saturated carbocycles. The van der Waals surface area contributed by atoms with E-state index in [-0.39, 0.29) is 24.1 Å². The molecular weight excluding hydrogens is 356 g/mol. The van der Waals surface area contributed by atoms with E-state index < -0.39 is 0 Å². The number of thiophene rings is 1. The minimum absolute atomic E-state index is 0.0606. The molecule has 2 amide bonds. The number of nitrogens with one attached hydrogen (secondary N) is 1. The van der Waals surface area contributed by atoms with Crippen molar-refractivity contribution in [2.45, 2.75) is 43.2 Å². The number of carbonyl (C=O) groups is 2. The summed E-state index contributed by atoms with van der Waals surface area (Å²) in [4.78, 5) is 36.9. The Morgan fingerprint density at radius 3 is 3.00 bits per heavy atom. The molecule has 0 unspecified atom stereocenters. The molecule has 132 valence electrons. The van der Waals surface area contributed by atoms with E-state index in [0.717, 1.165) is 40.9 Å². The topological polar surface area (TPSA) is 75.2 Å². The van der Waals surface area contributed by atoms with Gasteiger partial charge in [0.1, 0.15) is 16.2 Å². The van der Waals surface area contributed by atoms with Crippen LogP contribution in [0.4, 0.5) is 0 Å². The monoisotopic (exact) mass is 376 g/mol. The fraction of sp³-hybridized carbons (Fsp3) is 0.529. The first-order chi connectivity index (χ1) is 12.1. The predicted octanol–water partition coefficient (Wildman–Crippen LogP) is 2.01. The van der Waals surface area contributed by atoms with Gasteiger partial charge in [-0.1, -0.05) is 11.8 Å². The second kappa shape index (κ2) is 6.92. The normalized spacial score (nSPS) is 16.0. The Morgan fingerprint density at radius 2 is 2.20 bits per heavy atom. The van der Waals surface area contributed by atoms with Crippen molar-refractivity contribution in [3.8, 4) is 0 Å². The highest BCUT2D eigenvalue weighted by Crippen LogP contribution is 2.39. The van der Waals surface area contributed by atoms with Crippen molar-refractivity contribution in [1.82, 2.24) is 20.2 Å². The highest BCUT2D eigenvalue weighted by molar-refractivity contribution is 8.00. The first kappa shape index (κ1) is 16.8. The smallest absolute Gasteiger partial charge is 0.239 e. The van der Waals surface area contributed by atoms with Gasteiger partial charge < -0.3 is 10.2 Å². The van der Waals surface area contributed by atoms with E-state index in [1.165, 1.54) is 33.5 Å². The van der Waals surface area contributed by atoms with Crippen LogP contribution in [0.25, 0.3) is 10.2 Å². The summed E-state index contributed by atoms with van der Waals surface area (Å²) in [5.41, 5.74) is 1.37. The van der Waals surface area contributed by atoms with Crippen LogP contribution >= 0.6 is 23.1 Å². The number of likely N-dealkylation sites (N-methyl/N-ethyl adjacent to an activating group) is 1. The molecule has 2 aromatic rings. The molecule has 0 bridgehead atoms. The summed E-state index contributed by atoms with van der Waals surface area (Å²) in [6, 6.07) is 0.320. The zero-order valence-electron chi connectivity index (χ0n) is 14.1. The van der Waals surface area contributed by atoms with Gasteiger partial charge in [-0.25, -0.2) is 9.97 Å². The molecule has 1 N–H and O–H groups in total. The van der Waals surface area contributed by atoms with Crippen molar-refractivity contribution < 1.29 is 9.59 Å². The van der Waals surface area contributed by atoms with Crippen LogP contribution in [0.5, 0.6) is 0 Å². The molecule has 25 heavy (non-hydrogen) atoms. The average molecular weight is 377 g/mol. The maximum Gasteiger partial charge on any atom is 0.239 e. The van der Waals surface area contributed by atoms with Crippen molar-refractivity contribution in [1.29, 1.82) is 0 Å². The van der Waals surface area contributed by atoms with Crippen LogP contribution in [0.2, 0.25) is 0 Å². The van der Waals surface area contributed by atoms with Crippen LogP contribution in [0.15, 0.2) is 11.4 Å². The van der Waals surface area contributed by atoms with Crippen LogP contribution in [-0.2, 0) is 22.4 Å². The minimum atomic E-state index is -0.0802. The van der Waals surface area contributed by atoms with E-state index in [1.807, 2.05) is 0 Å². The van der Waals surface area contributed by atoms with Gasteiger partial charge in [0.15, 0.2) is 0 Å². The largest absolute Gasteiger partial charge is 0.352 e. The van der Waals surface area contributed by atoms with Crippen molar-refractivity contribution in [3.05, 3.63) is 16.8 Å². The lowest BCUT2D eigenvalue weighted by Crippen LogP contribution is -2.39. The van der Waals surface area contributed by atoms with Crippen molar-refractivity contribution >= 4 is 45.1 Å². The SMILES string of the molecule is CN(CC(=O)NC1CC1)C(=O)CSc1ncnc2sc3c(c12)CCC3. The van der Waals surface area contributed by atoms with Gasteiger partial charge >= 0.3 is 0 Å². The number of hydrogen-bond donors (Lipinski definition) is 1. The summed E-state index contributed by atoms with van der Waals surface area (Å²) in [7, 11) is 1.67. The summed E-state index contributed by atoms with van der Waals surface area (Å²) in [5.74, 6) is 0.141. The molecule has 0 radical (unpaired) electrons. The van der Waals surface area contributed by atoms with Crippen LogP contribution in [-0.4, -0.2) is 52.1 Å². The van der Waals surface area contributed by atoms with Gasteiger partial charge in [0.2, 0.25) is 11.8 Å². The highest BCUT2D eigenvalue weighted by Gasteiger charge is 2.25. The lowest BCUT2D eigenvalue weighted by atomic mass is 10.2. The van der Waals surface area contributed by atoms with E-state index in [0.29, 0.717) is 6.04 Å². The van der Waals surface area contributed by atoms with E-state index in [4.69, 9.17) is 0 Å². The molecule has 0 saturated heterocycles. The van der Waals surface area contributed by atoms with Crippen LogP contribution in [0, 0.1) is 0 Å². The molecule has 0 spiro atoms. The zero-order chi connectivity index (χ0) is 17.4. The van der Waals surface area contributed by atoms with E-state index in [9.17, 15) is 9.59 Å². The number of carbonyl (C=O) groups excluding carboxylic acids is 2.